The van der Waals surface area contributed by atoms with Crippen LogP contribution in [0, 0.1) is 0 Å². The number of hydrogen-bond acceptors (Lipinski definition) is 6. The van der Waals surface area contributed by atoms with Crippen LogP contribution in [0.3, 0.4) is 0 Å². The third-order valence-electron chi connectivity index (χ3n) is 4.49. The van der Waals surface area contributed by atoms with Gasteiger partial charge in [0.05, 0.1) is 29.3 Å². The monoisotopic (exact) mass is 396 g/mol. The van der Waals surface area contributed by atoms with Crippen molar-refractivity contribution in [3.63, 3.8) is 0 Å². The van der Waals surface area contributed by atoms with Crippen molar-refractivity contribution >= 4 is 34.3 Å². The summed E-state index contributed by atoms with van der Waals surface area (Å²) in [5.74, 6) is 0.381. The van der Waals surface area contributed by atoms with E-state index in [0.29, 0.717) is 11.6 Å². The topological polar surface area (TPSA) is 109 Å². The Kier molecular flexibility index (Phi) is 4.41. The minimum Gasteiger partial charge on any atom is -0.459 e. The molecule has 8 heteroatoms. The van der Waals surface area contributed by atoms with Gasteiger partial charge in [-0.3, -0.25) is 4.79 Å². The highest BCUT2D eigenvalue weighted by molar-refractivity contribution is 6.02. The summed E-state index contributed by atoms with van der Waals surface area (Å²) in [5, 5.41) is 5.97. The van der Waals surface area contributed by atoms with Gasteiger partial charge in [0.1, 0.15) is 0 Å². The molecule has 0 aliphatic heterocycles. The van der Waals surface area contributed by atoms with Crippen molar-refractivity contribution in [1.82, 2.24) is 19.9 Å². The van der Waals surface area contributed by atoms with Crippen molar-refractivity contribution in [1.29, 1.82) is 0 Å². The summed E-state index contributed by atoms with van der Waals surface area (Å²) >= 11 is 0. The largest absolute Gasteiger partial charge is 0.459 e. The Bertz CT molecular complexity index is 1330. The summed E-state index contributed by atoms with van der Waals surface area (Å²) < 4.78 is 5.12. The second-order valence-corrected chi connectivity index (χ2v) is 6.54. The molecule has 0 spiro atoms. The number of amides is 1. The van der Waals surface area contributed by atoms with Gasteiger partial charge in [-0.1, -0.05) is 12.1 Å². The van der Waals surface area contributed by atoms with E-state index in [1.807, 2.05) is 36.4 Å². The molecule has 0 unspecified atom stereocenters. The van der Waals surface area contributed by atoms with E-state index in [2.05, 4.69) is 30.6 Å². The van der Waals surface area contributed by atoms with Crippen LogP contribution in [0.15, 0.2) is 83.9 Å². The van der Waals surface area contributed by atoms with E-state index < -0.39 is 0 Å². The molecular weight excluding hydrogens is 380 g/mol. The van der Waals surface area contributed by atoms with E-state index in [1.165, 1.54) is 6.26 Å². The number of hydrogen-bond donors (Lipinski definition) is 3. The molecule has 0 saturated carbocycles. The first kappa shape index (κ1) is 17.6. The molecule has 3 heterocycles. The molecular formula is C22H16N6O2. The van der Waals surface area contributed by atoms with Crippen molar-refractivity contribution < 1.29 is 9.21 Å². The number of aromatic nitrogens is 4. The van der Waals surface area contributed by atoms with E-state index in [4.69, 9.17) is 4.42 Å². The van der Waals surface area contributed by atoms with E-state index in [-0.39, 0.29) is 11.7 Å². The second-order valence-electron chi connectivity index (χ2n) is 6.54. The summed E-state index contributed by atoms with van der Waals surface area (Å²) in [6, 6.07) is 18.3. The molecule has 3 aromatic heterocycles. The number of benzene rings is 2. The van der Waals surface area contributed by atoms with Crippen LogP contribution in [0.1, 0.15) is 10.6 Å². The Balaban J connectivity index is 1.36. The number of anilines is 3. The average molecular weight is 396 g/mol. The summed E-state index contributed by atoms with van der Waals surface area (Å²) in [6.07, 6.45) is 4.82. The van der Waals surface area contributed by atoms with Crippen LogP contribution in [0.5, 0.6) is 0 Å². The summed E-state index contributed by atoms with van der Waals surface area (Å²) in [4.78, 5) is 28.4. The highest BCUT2D eigenvalue weighted by atomic mass is 16.3. The molecule has 1 amide bonds. The maximum Gasteiger partial charge on any atom is 0.291 e. The normalized spacial score (nSPS) is 10.8. The molecule has 146 valence electrons. The quantitative estimate of drug-likeness (QED) is 0.400. The number of furan rings is 1. The minimum absolute atomic E-state index is 0.248. The molecule has 2 aromatic carbocycles. The molecule has 0 saturated heterocycles. The molecule has 3 N–H and O–H groups in total. The number of nitrogens with one attached hydrogen (secondary N) is 3. The highest BCUT2D eigenvalue weighted by Gasteiger charge is 2.09. The van der Waals surface area contributed by atoms with Crippen LogP contribution in [0.4, 0.5) is 17.3 Å². The lowest BCUT2D eigenvalue weighted by molar-refractivity contribution is 0.0996. The maximum absolute atomic E-state index is 12.2. The Morgan fingerprint density at radius 1 is 0.967 bits per heavy atom. The molecule has 0 fully saturated rings. The molecule has 0 bridgehead atoms. The van der Waals surface area contributed by atoms with Crippen molar-refractivity contribution in [2.24, 2.45) is 0 Å². The van der Waals surface area contributed by atoms with Crippen LogP contribution in [0.25, 0.3) is 22.3 Å². The van der Waals surface area contributed by atoms with Crippen LogP contribution in [0.2, 0.25) is 0 Å². The maximum atomic E-state index is 12.2. The van der Waals surface area contributed by atoms with E-state index in [0.717, 1.165) is 28.0 Å². The van der Waals surface area contributed by atoms with Gasteiger partial charge >= 0.3 is 0 Å². The zero-order valence-corrected chi connectivity index (χ0v) is 15.7. The van der Waals surface area contributed by atoms with Gasteiger partial charge in [0.25, 0.3) is 5.91 Å². The zero-order chi connectivity index (χ0) is 20.3. The van der Waals surface area contributed by atoms with Gasteiger partial charge in [-0.2, -0.15) is 0 Å². The molecule has 30 heavy (non-hydrogen) atoms. The van der Waals surface area contributed by atoms with E-state index >= 15 is 0 Å². The van der Waals surface area contributed by atoms with Crippen LogP contribution in [-0.2, 0) is 0 Å². The number of carbonyl (C=O) groups excluding carboxylic acids is 1. The third kappa shape index (κ3) is 3.61. The fraction of sp³-hybridized carbons (Fsp3) is 0. The van der Waals surface area contributed by atoms with Crippen molar-refractivity contribution in [2.75, 3.05) is 10.6 Å². The molecule has 0 atom stereocenters. The Morgan fingerprint density at radius 2 is 1.90 bits per heavy atom. The van der Waals surface area contributed by atoms with Crippen LogP contribution >= 0.6 is 0 Å². The number of fused-ring (bicyclic) bond motifs is 1. The first-order valence-corrected chi connectivity index (χ1v) is 9.23. The summed E-state index contributed by atoms with van der Waals surface area (Å²) in [6.45, 7) is 0. The zero-order valence-electron chi connectivity index (χ0n) is 15.7. The lowest BCUT2D eigenvalue weighted by Crippen LogP contribution is -2.10. The van der Waals surface area contributed by atoms with Gasteiger partial charge < -0.3 is 20.0 Å². The Hall–Kier alpha value is -4.46. The lowest BCUT2D eigenvalue weighted by Gasteiger charge is -2.09. The molecule has 0 aliphatic carbocycles. The standard InChI is InChI=1S/C22H16N6O2/c29-21(20-5-2-10-30-20)26-15-3-1-4-16(12-15)27-22-23-9-8-17(28-22)14-6-7-18-19(11-14)25-13-24-18/h1-13H,(H,24,25)(H,26,29)(H,23,27,28). The van der Waals surface area contributed by atoms with Crippen molar-refractivity contribution in [3.05, 3.63) is 85.2 Å². The van der Waals surface area contributed by atoms with Crippen molar-refractivity contribution in [2.45, 2.75) is 0 Å². The molecule has 5 rings (SSSR count). The molecule has 8 nitrogen and oxygen atoms in total. The van der Waals surface area contributed by atoms with Gasteiger partial charge in [0.15, 0.2) is 5.76 Å². The second kappa shape index (κ2) is 7.51. The number of imidazole rings is 1. The first-order chi connectivity index (χ1) is 14.7. The van der Waals surface area contributed by atoms with E-state index in [1.54, 1.807) is 36.8 Å². The fourth-order valence-corrected chi connectivity index (χ4v) is 3.08. The van der Waals surface area contributed by atoms with Gasteiger partial charge in [-0.05, 0) is 48.5 Å². The van der Waals surface area contributed by atoms with Crippen LogP contribution in [-0.4, -0.2) is 25.8 Å². The molecule has 0 radical (unpaired) electrons. The number of nitrogens with zero attached hydrogens (tertiary/aromatic N) is 3. The third-order valence-corrected chi connectivity index (χ3v) is 4.49. The number of carbonyl (C=O) groups is 1. The Morgan fingerprint density at radius 3 is 2.80 bits per heavy atom. The number of aromatic amines is 1. The number of rotatable bonds is 5. The predicted molar refractivity (Wildman–Crippen MR) is 114 cm³/mol. The lowest BCUT2D eigenvalue weighted by atomic mass is 10.1. The fourth-order valence-electron chi connectivity index (χ4n) is 3.08. The van der Waals surface area contributed by atoms with Gasteiger partial charge in [0.2, 0.25) is 5.95 Å². The van der Waals surface area contributed by atoms with Gasteiger partial charge in [0, 0.05) is 23.1 Å². The predicted octanol–water partition coefficient (Wildman–Crippen LogP) is 4.61. The number of H-pyrrole nitrogens is 1. The van der Waals surface area contributed by atoms with Crippen LogP contribution < -0.4 is 10.6 Å². The van der Waals surface area contributed by atoms with Crippen molar-refractivity contribution in [3.8, 4) is 11.3 Å². The summed E-state index contributed by atoms with van der Waals surface area (Å²) in [7, 11) is 0. The first-order valence-electron chi connectivity index (χ1n) is 9.23. The highest BCUT2D eigenvalue weighted by Crippen LogP contribution is 2.23. The Labute approximate surface area is 171 Å². The smallest absolute Gasteiger partial charge is 0.291 e. The summed E-state index contributed by atoms with van der Waals surface area (Å²) in [5.41, 5.74) is 4.94. The minimum atomic E-state index is -0.316. The average Bonchev–Trinajstić information content (AvgIpc) is 3.46. The SMILES string of the molecule is O=C(Nc1cccc(Nc2nccc(-c3ccc4[nH]cnc4c3)n2)c1)c1ccco1. The van der Waals surface area contributed by atoms with Gasteiger partial charge in [-0.25, -0.2) is 15.0 Å². The molecule has 5 aromatic rings. The molecule has 0 aliphatic rings. The van der Waals surface area contributed by atoms with Gasteiger partial charge in [-0.15, -0.1) is 0 Å². The van der Waals surface area contributed by atoms with E-state index in [9.17, 15) is 4.79 Å².